The third-order valence-electron chi connectivity index (χ3n) is 4.56. The molecule has 0 radical (unpaired) electrons. The third kappa shape index (κ3) is 2.79. The van der Waals surface area contributed by atoms with Crippen molar-refractivity contribution in [1.29, 1.82) is 0 Å². The number of aryl methyl sites for hydroxylation is 1. The standard InChI is InChI=1S/C20H20N3OS2/c1-4-23-12-8-7-9-14(23)13-17-22(3)19(24)18(26-17)20-21(2)15-10-5-6-11-16(15)25-20/h5-13H,4H2,1-3H3/q+1/b20-18+. The summed E-state index contributed by atoms with van der Waals surface area (Å²) in [6.45, 7) is 3.01. The topological polar surface area (TPSA) is 29.1 Å². The fourth-order valence-electron chi connectivity index (χ4n) is 3.07. The number of pyridine rings is 1. The molecule has 1 aliphatic rings. The summed E-state index contributed by atoms with van der Waals surface area (Å²) in [6, 6.07) is 14.4. The van der Waals surface area contributed by atoms with Gasteiger partial charge in [-0.05, 0) is 25.1 Å². The normalized spacial score (nSPS) is 16.3. The van der Waals surface area contributed by atoms with Gasteiger partial charge in [0.05, 0.1) is 5.69 Å². The minimum Gasteiger partial charge on any atom is -0.337 e. The van der Waals surface area contributed by atoms with Gasteiger partial charge in [0.2, 0.25) is 5.69 Å². The molecule has 2 aromatic heterocycles. The first-order valence-corrected chi connectivity index (χ1v) is 10.1. The molecule has 0 fully saturated rings. The van der Waals surface area contributed by atoms with E-state index in [2.05, 4.69) is 46.9 Å². The van der Waals surface area contributed by atoms with Crippen molar-refractivity contribution in [2.24, 2.45) is 7.05 Å². The highest BCUT2D eigenvalue weighted by molar-refractivity contribution is 8.08. The second-order valence-corrected chi connectivity index (χ2v) is 8.18. The van der Waals surface area contributed by atoms with Gasteiger partial charge in [0.1, 0.15) is 20.8 Å². The predicted molar refractivity (Wildman–Crippen MR) is 109 cm³/mol. The summed E-state index contributed by atoms with van der Waals surface area (Å²) in [6.07, 6.45) is 4.15. The molecule has 0 saturated heterocycles. The Hall–Kier alpha value is -2.31. The van der Waals surface area contributed by atoms with E-state index in [0.29, 0.717) is 0 Å². The number of anilines is 1. The Bertz CT molecular complexity index is 1160. The fraction of sp³-hybridized carbons (Fsp3) is 0.200. The zero-order valence-electron chi connectivity index (χ0n) is 15.0. The molecule has 3 heterocycles. The molecule has 0 saturated carbocycles. The van der Waals surface area contributed by atoms with Crippen LogP contribution < -0.4 is 24.2 Å². The Balaban J connectivity index is 1.91. The zero-order chi connectivity index (χ0) is 18.3. The van der Waals surface area contributed by atoms with E-state index in [0.717, 1.165) is 32.2 Å². The molecule has 0 spiro atoms. The molecule has 6 heteroatoms. The Morgan fingerprint density at radius 1 is 1.12 bits per heavy atom. The first-order chi connectivity index (χ1) is 12.6. The van der Waals surface area contributed by atoms with Crippen LogP contribution in [0.25, 0.3) is 11.1 Å². The Kier molecular flexibility index (Phi) is 4.46. The Morgan fingerprint density at radius 2 is 1.88 bits per heavy atom. The number of nitrogens with zero attached hydrogens (tertiary/aromatic N) is 3. The van der Waals surface area contributed by atoms with Crippen LogP contribution in [0.5, 0.6) is 0 Å². The molecule has 0 amide bonds. The molecule has 1 aliphatic heterocycles. The highest BCUT2D eigenvalue weighted by Gasteiger charge is 2.24. The van der Waals surface area contributed by atoms with Crippen molar-refractivity contribution in [1.82, 2.24) is 4.57 Å². The van der Waals surface area contributed by atoms with Crippen LogP contribution in [0.2, 0.25) is 0 Å². The van der Waals surface area contributed by atoms with Gasteiger partial charge in [-0.25, -0.2) is 0 Å². The summed E-state index contributed by atoms with van der Waals surface area (Å²) in [7, 11) is 3.87. The summed E-state index contributed by atoms with van der Waals surface area (Å²) < 4.78 is 5.66. The lowest BCUT2D eigenvalue weighted by molar-refractivity contribution is -0.695. The number of hydrogen-bond acceptors (Lipinski definition) is 4. The van der Waals surface area contributed by atoms with Crippen molar-refractivity contribution in [3.05, 3.63) is 73.9 Å². The smallest absolute Gasteiger partial charge is 0.271 e. The number of rotatable bonds is 2. The largest absolute Gasteiger partial charge is 0.337 e. The van der Waals surface area contributed by atoms with Gasteiger partial charge in [-0.3, -0.25) is 4.79 Å². The highest BCUT2D eigenvalue weighted by atomic mass is 32.2. The van der Waals surface area contributed by atoms with Crippen LogP contribution in [0.1, 0.15) is 12.6 Å². The van der Waals surface area contributed by atoms with E-state index in [1.807, 2.05) is 38.4 Å². The van der Waals surface area contributed by atoms with Crippen molar-refractivity contribution in [3.63, 3.8) is 0 Å². The number of hydrogen-bond donors (Lipinski definition) is 0. The van der Waals surface area contributed by atoms with E-state index in [9.17, 15) is 4.79 Å². The summed E-state index contributed by atoms with van der Waals surface area (Å²) in [5.74, 6) is 0. The maximum absolute atomic E-state index is 12.9. The van der Waals surface area contributed by atoms with Crippen LogP contribution in [-0.2, 0) is 13.6 Å². The van der Waals surface area contributed by atoms with Gasteiger partial charge in [-0.2, -0.15) is 4.57 Å². The lowest BCUT2D eigenvalue weighted by Crippen LogP contribution is -2.36. The van der Waals surface area contributed by atoms with Crippen LogP contribution in [0.4, 0.5) is 5.69 Å². The zero-order valence-corrected chi connectivity index (χ0v) is 16.6. The van der Waals surface area contributed by atoms with Gasteiger partial charge in [-0.15, -0.1) is 11.3 Å². The van der Waals surface area contributed by atoms with Gasteiger partial charge in [0.15, 0.2) is 6.20 Å². The number of fused-ring (bicyclic) bond motifs is 1. The monoisotopic (exact) mass is 382 g/mol. The lowest BCUT2D eigenvalue weighted by Gasteiger charge is -2.11. The molecule has 3 aromatic rings. The molecule has 1 aromatic carbocycles. The molecule has 26 heavy (non-hydrogen) atoms. The fourth-order valence-corrected chi connectivity index (χ4v) is 5.45. The maximum atomic E-state index is 12.9. The number of thioether (sulfide) groups is 1. The van der Waals surface area contributed by atoms with Crippen LogP contribution >= 0.6 is 23.1 Å². The van der Waals surface area contributed by atoms with E-state index in [1.165, 1.54) is 4.90 Å². The average molecular weight is 383 g/mol. The van der Waals surface area contributed by atoms with E-state index >= 15 is 0 Å². The molecule has 0 atom stereocenters. The maximum Gasteiger partial charge on any atom is 0.271 e. The summed E-state index contributed by atoms with van der Waals surface area (Å²) in [5.41, 5.74) is 2.31. The van der Waals surface area contributed by atoms with E-state index in [1.54, 1.807) is 27.7 Å². The minimum absolute atomic E-state index is 0.0578. The average Bonchev–Trinajstić information content (AvgIpc) is 3.14. The molecule has 4 rings (SSSR count). The molecule has 0 bridgehead atoms. The number of benzene rings is 1. The summed E-state index contributed by atoms with van der Waals surface area (Å²) in [5, 5.41) is 1.01. The lowest BCUT2D eigenvalue weighted by atomic mass is 10.3. The predicted octanol–water partition coefficient (Wildman–Crippen LogP) is 1.89. The van der Waals surface area contributed by atoms with Crippen molar-refractivity contribution in [2.45, 2.75) is 18.4 Å². The minimum atomic E-state index is 0.0578. The summed E-state index contributed by atoms with van der Waals surface area (Å²) >= 11 is 3.22. The van der Waals surface area contributed by atoms with Gasteiger partial charge in [0.25, 0.3) is 5.56 Å². The van der Waals surface area contributed by atoms with Crippen molar-refractivity contribution in [2.75, 3.05) is 11.9 Å². The highest BCUT2D eigenvalue weighted by Crippen LogP contribution is 2.44. The quantitative estimate of drug-likeness (QED) is 0.634. The van der Waals surface area contributed by atoms with Gasteiger partial charge in [0, 0.05) is 37.2 Å². The van der Waals surface area contributed by atoms with Crippen LogP contribution in [0.3, 0.4) is 0 Å². The van der Waals surface area contributed by atoms with Crippen LogP contribution in [0, 0.1) is 0 Å². The second-order valence-electron chi connectivity index (χ2n) is 6.12. The van der Waals surface area contributed by atoms with Crippen LogP contribution in [-0.4, -0.2) is 11.6 Å². The number of aromatic nitrogens is 2. The summed E-state index contributed by atoms with van der Waals surface area (Å²) in [4.78, 5) is 16.2. The molecule has 0 unspecified atom stereocenters. The molecular weight excluding hydrogens is 362 g/mol. The van der Waals surface area contributed by atoms with E-state index in [-0.39, 0.29) is 5.56 Å². The third-order valence-corrected chi connectivity index (χ3v) is 7.09. The van der Waals surface area contributed by atoms with Gasteiger partial charge >= 0.3 is 0 Å². The number of para-hydroxylation sites is 1. The van der Waals surface area contributed by atoms with E-state index in [4.69, 9.17) is 0 Å². The first-order valence-electron chi connectivity index (χ1n) is 8.51. The Morgan fingerprint density at radius 3 is 2.65 bits per heavy atom. The van der Waals surface area contributed by atoms with Gasteiger partial charge in [-0.1, -0.05) is 23.9 Å². The van der Waals surface area contributed by atoms with Crippen molar-refractivity contribution >= 4 is 39.9 Å². The van der Waals surface area contributed by atoms with E-state index < -0.39 is 0 Å². The van der Waals surface area contributed by atoms with Crippen molar-refractivity contribution in [3.8, 4) is 0 Å². The molecule has 0 N–H and O–H groups in total. The molecule has 132 valence electrons. The van der Waals surface area contributed by atoms with Crippen molar-refractivity contribution < 1.29 is 4.57 Å². The number of thiazole rings is 1. The molecular formula is C20H20N3OS2+. The molecule has 0 aliphatic carbocycles. The van der Waals surface area contributed by atoms with Gasteiger partial charge < -0.3 is 9.47 Å². The first kappa shape index (κ1) is 17.1. The Labute approximate surface area is 160 Å². The SMILES string of the molecule is CC[n+]1ccccc1/C=c1\s/c(=C2/Sc3ccccc3N2C)c(=O)n1C. The second kappa shape index (κ2) is 6.78. The van der Waals surface area contributed by atoms with Crippen LogP contribution in [0.15, 0.2) is 58.4 Å². The molecule has 4 nitrogen and oxygen atoms in total.